The Morgan fingerprint density at radius 3 is 3.07 bits per heavy atom. The molecule has 1 N–H and O–H groups in total. The fourth-order valence-corrected chi connectivity index (χ4v) is 1.84. The van der Waals surface area contributed by atoms with E-state index in [1.165, 1.54) is 5.56 Å². The van der Waals surface area contributed by atoms with Crippen LogP contribution in [0.1, 0.15) is 17.5 Å². The van der Waals surface area contributed by atoms with Gasteiger partial charge in [-0.25, -0.2) is 0 Å². The van der Waals surface area contributed by atoms with Crippen LogP contribution in [0.5, 0.6) is 5.75 Å². The summed E-state index contributed by atoms with van der Waals surface area (Å²) in [4.78, 5) is 10.8. The molecule has 1 aliphatic rings. The molecular formula is C12H14O3. The van der Waals surface area contributed by atoms with E-state index in [0.29, 0.717) is 6.42 Å². The Morgan fingerprint density at radius 1 is 1.53 bits per heavy atom. The van der Waals surface area contributed by atoms with Gasteiger partial charge in [0.2, 0.25) is 0 Å². The van der Waals surface area contributed by atoms with E-state index in [1.807, 2.05) is 19.1 Å². The van der Waals surface area contributed by atoms with Crippen LogP contribution in [-0.4, -0.2) is 17.7 Å². The topological polar surface area (TPSA) is 46.5 Å². The number of carbonyl (C=O) groups is 1. The highest BCUT2D eigenvalue weighted by Crippen LogP contribution is 2.27. The van der Waals surface area contributed by atoms with Gasteiger partial charge >= 0.3 is 5.97 Å². The van der Waals surface area contributed by atoms with E-state index in [0.717, 1.165) is 17.7 Å². The maximum absolute atomic E-state index is 10.8. The standard InChI is InChI=1S/C12H14O3/c1-8-2-5-11-9(6-8)3-4-10(7-15-11)12(13)14/h2,5-6,10H,3-4,7H2,1H3,(H,13,14). The molecule has 0 spiro atoms. The van der Waals surface area contributed by atoms with Crippen LogP contribution in [0.3, 0.4) is 0 Å². The van der Waals surface area contributed by atoms with Gasteiger partial charge in [0.25, 0.3) is 0 Å². The number of hydrogen-bond donors (Lipinski definition) is 1. The Hall–Kier alpha value is -1.51. The summed E-state index contributed by atoms with van der Waals surface area (Å²) in [5, 5.41) is 8.92. The van der Waals surface area contributed by atoms with Gasteiger partial charge in [0.05, 0.1) is 5.92 Å². The minimum Gasteiger partial charge on any atom is -0.492 e. The zero-order valence-electron chi connectivity index (χ0n) is 8.69. The number of carboxylic acids is 1. The lowest BCUT2D eigenvalue weighted by Gasteiger charge is -2.08. The van der Waals surface area contributed by atoms with Gasteiger partial charge in [0.15, 0.2) is 0 Å². The first kappa shape index (κ1) is 10.0. The average Bonchev–Trinajstić information content (AvgIpc) is 2.39. The van der Waals surface area contributed by atoms with E-state index in [-0.39, 0.29) is 12.5 Å². The van der Waals surface area contributed by atoms with E-state index < -0.39 is 5.97 Å². The van der Waals surface area contributed by atoms with Crippen molar-refractivity contribution in [1.82, 2.24) is 0 Å². The van der Waals surface area contributed by atoms with Crippen LogP contribution in [0.2, 0.25) is 0 Å². The molecule has 3 heteroatoms. The Kier molecular flexibility index (Phi) is 2.62. The van der Waals surface area contributed by atoms with Crippen molar-refractivity contribution in [3.05, 3.63) is 29.3 Å². The number of benzene rings is 1. The molecule has 0 aromatic heterocycles. The van der Waals surface area contributed by atoms with Gasteiger partial charge < -0.3 is 9.84 Å². The first-order chi connectivity index (χ1) is 7.16. The van der Waals surface area contributed by atoms with Crippen LogP contribution in [-0.2, 0) is 11.2 Å². The maximum atomic E-state index is 10.8. The second-order valence-electron chi connectivity index (χ2n) is 4.00. The van der Waals surface area contributed by atoms with E-state index in [2.05, 4.69) is 6.07 Å². The van der Waals surface area contributed by atoms with Crippen LogP contribution in [0, 0.1) is 12.8 Å². The Balaban J connectivity index is 2.21. The highest BCUT2D eigenvalue weighted by atomic mass is 16.5. The lowest BCUT2D eigenvalue weighted by molar-refractivity contribution is -0.142. The van der Waals surface area contributed by atoms with E-state index in [1.54, 1.807) is 0 Å². The lowest BCUT2D eigenvalue weighted by Crippen LogP contribution is -2.20. The van der Waals surface area contributed by atoms with Gasteiger partial charge in [-0.1, -0.05) is 17.7 Å². The molecule has 0 bridgehead atoms. The maximum Gasteiger partial charge on any atom is 0.309 e. The SMILES string of the molecule is Cc1ccc2c(c1)CCC(C(=O)O)CO2. The van der Waals surface area contributed by atoms with Crippen molar-refractivity contribution in [2.24, 2.45) is 5.92 Å². The number of rotatable bonds is 1. The molecule has 1 heterocycles. The number of carboxylic acid groups (broad SMARTS) is 1. The number of fused-ring (bicyclic) bond motifs is 1. The predicted octanol–water partition coefficient (Wildman–Crippen LogP) is 2.02. The fraction of sp³-hybridized carbons (Fsp3) is 0.417. The monoisotopic (exact) mass is 206 g/mol. The number of aliphatic carboxylic acids is 1. The molecule has 0 fully saturated rings. The Morgan fingerprint density at radius 2 is 2.33 bits per heavy atom. The van der Waals surface area contributed by atoms with E-state index in [4.69, 9.17) is 9.84 Å². The molecule has 0 radical (unpaired) electrons. The van der Waals surface area contributed by atoms with Crippen molar-refractivity contribution >= 4 is 5.97 Å². The fourth-order valence-electron chi connectivity index (χ4n) is 1.84. The van der Waals surface area contributed by atoms with E-state index >= 15 is 0 Å². The molecule has 0 saturated carbocycles. The smallest absolute Gasteiger partial charge is 0.309 e. The van der Waals surface area contributed by atoms with Crippen LogP contribution in [0.15, 0.2) is 18.2 Å². The highest BCUT2D eigenvalue weighted by Gasteiger charge is 2.22. The normalized spacial score (nSPS) is 19.9. The average molecular weight is 206 g/mol. The Labute approximate surface area is 88.7 Å². The predicted molar refractivity (Wildman–Crippen MR) is 56.1 cm³/mol. The van der Waals surface area contributed by atoms with Gasteiger partial charge in [-0.3, -0.25) is 4.79 Å². The molecule has 1 unspecified atom stereocenters. The molecule has 80 valence electrons. The molecule has 15 heavy (non-hydrogen) atoms. The summed E-state index contributed by atoms with van der Waals surface area (Å²) >= 11 is 0. The van der Waals surface area contributed by atoms with Crippen molar-refractivity contribution in [3.8, 4) is 5.75 Å². The van der Waals surface area contributed by atoms with Crippen LogP contribution < -0.4 is 4.74 Å². The number of hydrogen-bond acceptors (Lipinski definition) is 2. The van der Waals surface area contributed by atoms with Gasteiger partial charge in [-0.2, -0.15) is 0 Å². The lowest BCUT2D eigenvalue weighted by atomic mass is 10.0. The molecule has 1 aromatic carbocycles. The van der Waals surface area contributed by atoms with Crippen molar-refractivity contribution in [1.29, 1.82) is 0 Å². The molecule has 2 rings (SSSR count). The van der Waals surface area contributed by atoms with Crippen molar-refractivity contribution in [2.45, 2.75) is 19.8 Å². The minimum absolute atomic E-state index is 0.283. The first-order valence-electron chi connectivity index (χ1n) is 5.12. The summed E-state index contributed by atoms with van der Waals surface area (Å²) in [6.07, 6.45) is 1.44. The zero-order valence-corrected chi connectivity index (χ0v) is 8.69. The third kappa shape index (κ3) is 2.12. The third-order valence-electron chi connectivity index (χ3n) is 2.77. The van der Waals surface area contributed by atoms with Crippen LogP contribution >= 0.6 is 0 Å². The van der Waals surface area contributed by atoms with Crippen molar-refractivity contribution < 1.29 is 14.6 Å². The molecule has 0 amide bonds. The van der Waals surface area contributed by atoms with Gasteiger partial charge in [-0.05, 0) is 31.4 Å². The number of aryl methyl sites for hydroxylation is 2. The van der Waals surface area contributed by atoms with Crippen LogP contribution in [0.25, 0.3) is 0 Å². The summed E-state index contributed by atoms with van der Waals surface area (Å²) in [6, 6.07) is 5.98. The van der Waals surface area contributed by atoms with Crippen LogP contribution in [0.4, 0.5) is 0 Å². The van der Waals surface area contributed by atoms with Gasteiger partial charge in [-0.15, -0.1) is 0 Å². The van der Waals surface area contributed by atoms with E-state index in [9.17, 15) is 4.79 Å². The first-order valence-corrected chi connectivity index (χ1v) is 5.12. The Bertz CT molecular complexity index is 384. The molecular weight excluding hydrogens is 192 g/mol. The molecule has 1 aliphatic heterocycles. The zero-order chi connectivity index (χ0) is 10.8. The third-order valence-corrected chi connectivity index (χ3v) is 2.77. The largest absolute Gasteiger partial charge is 0.492 e. The van der Waals surface area contributed by atoms with Crippen molar-refractivity contribution in [3.63, 3.8) is 0 Å². The summed E-state index contributed by atoms with van der Waals surface area (Å²) < 4.78 is 5.50. The molecule has 1 atom stereocenters. The second kappa shape index (κ2) is 3.93. The minimum atomic E-state index is -0.764. The molecule has 0 aliphatic carbocycles. The quantitative estimate of drug-likeness (QED) is 0.764. The summed E-state index contributed by atoms with van der Waals surface area (Å²) in [5.74, 6) is -0.304. The molecule has 3 nitrogen and oxygen atoms in total. The van der Waals surface area contributed by atoms with Gasteiger partial charge in [0.1, 0.15) is 12.4 Å². The summed E-state index contributed by atoms with van der Waals surface area (Å²) in [5.41, 5.74) is 2.31. The molecule has 1 aromatic rings. The summed E-state index contributed by atoms with van der Waals surface area (Å²) in [6.45, 7) is 2.31. The highest BCUT2D eigenvalue weighted by molar-refractivity contribution is 5.70. The second-order valence-corrected chi connectivity index (χ2v) is 4.00. The molecule has 0 saturated heterocycles. The summed E-state index contributed by atoms with van der Waals surface area (Å²) in [7, 11) is 0. The number of ether oxygens (including phenoxy) is 1. The van der Waals surface area contributed by atoms with Crippen molar-refractivity contribution in [2.75, 3.05) is 6.61 Å². The van der Waals surface area contributed by atoms with Gasteiger partial charge in [0, 0.05) is 0 Å².